The molecule has 1 aliphatic heterocycles. The van der Waals surface area contributed by atoms with Crippen LogP contribution in [0.3, 0.4) is 0 Å². The van der Waals surface area contributed by atoms with Gasteiger partial charge < -0.3 is 0 Å². The van der Waals surface area contributed by atoms with E-state index in [9.17, 15) is 4.79 Å². The highest BCUT2D eigenvalue weighted by molar-refractivity contribution is 8.01. The summed E-state index contributed by atoms with van der Waals surface area (Å²) in [6.45, 7) is 4.11. The Kier molecular flexibility index (Phi) is 3.15. The maximum absolute atomic E-state index is 11.4. The summed E-state index contributed by atoms with van der Waals surface area (Å²) in [4.78, 5) is 11.4. The van der Waals surface area contributed by atoms with E-state index in [0.29, 0.717) is 11.0 Å². The molecule has 1 saturated heterocycles. The van der Waals surface area contributed by atoms with E-state index in [0.717, 1.165) is 12.8 Å². The normalized spacial score (nSPS) is 25.9. The van der Waals surface area contributed by atoms with Crippen molar-refractivity contribution in [3.8, 4) is 0 Å². The molecular formula is C13H16OS. The van der Waals surface area contributed by atoms with Crippen LogP contribution in [-0.4, -0.2) is 16.3 Å². The zero-order valence-electron chi connectivity index (χ0n) is 9.19. The lowest BCUT2D eigenvalue weighted by atomic mass is 10.0. The standard InChI is InChI=1S/C13H16OS/c1-9-3-5-11(6-4-9)7-12-8-13(14)10(2)15-12/h3-6,10,12H,7-8H2,1-2H3. The topological polar surface area (TPSA) is 17.1 Å². The van der Waals surface area contributed by atoms with Crippen LogP contribution in [0.15, 0.2) is 24.3 Å². The fourth-order valence-corrected chi connectivity index (χ4v) is 3.28. The molecule has 0 bridgehead atoms. The van der Waals surface area contributed by atoms with Crippen molar-refractivity contribution < 1.29 is 4.79 Å². The molecule has 2 atom stereocenters. The lowest BCUT2D eigenvalue weighted by Crippen LogP contribution is -2.05. The summed E-state index contributed by atoms with van der Waals surface area (Å²) in [7, 11) is 0. The largest absolute Gasteiger partial charge is 0.298 e. The van der Waals surface area contributed by atoms with Crippen LogP contribution in [-0.2, 0) is 11.2 Å². The summed E-state index contributed by atoms with van der Waals surface area (Å²) >= 11 is 1.82. The Morgan fingerprint density at radius 3 is 2.53 bits per heavy atom. The lowest BCUT2D eigenvalue weighted by Gasteiger charge is -2.08. The number of rotatable bonds is 2. The van der Waals surface area contributed by atoms with Gasteiger partial charge in [0.05, 0.1) is 5.25 Å². The number of thioether (sulfide) groups is 1. The van der Waals surface area contributed by atoms with Gasteiger partial charge in [-0.3, -0.25) is 4.79 Å². The molecule has 0 N–H and O–H groups in total. The van der Waals surface area contributed by atoms with Gasteiger partial charge in [0.15, 0.2) is 0 Å². The fourth-order valence-electron chi connectivity index (χ4n) is 1.91. The maximum Gasteiger partial charge on any atom is 0.146 e. The van der Waals surface area contributed by atoms with Gasteiger partial charge in [0, 0.05) is 11.7 Å². The van der Waals surface area contributed by atoms with E-state index in [1.165, 1.54) is 11.1 Å². The van der Waals surface area contributed by atoms with E-state index in [-0.39, 0.29) is 5.25 Å². The van der Waals surface area contributed by atoms with Gasteiger partial charge in [0.25, 0.3) is 0 Å². The molecule has 0 aromatic heterocycles. The molecule has 0 radical (unpaired) electrons. The summed E-state index contributed by atoms with van der Waals surface area (Å²) in [5, 5.41) is 0.704. The van der Waals surface area contributed by atoms with E-state index in [2.05, 4.69) is 31.2 Å². The Morgan fingerprint density at radius 2 is 2.00 bits per heavy atom. The highest BCUT2D eigenvalue weighted by atomic mass is 32.2. The van der Waals surface area contributed by atoms with Gasteiger partial charge in [0.1, 0.15) is 5.78 Å². The molecule has 1 fully saturated rings. The Labute approximate surface area is 95.3 Å². The highest BCUT2D eigenvalue weighted by Crippen LogP contribution is 2.32. The molecule has 0 saturated carbocycles. The van der Waals surface area contributed by atoms with Gasteiger partial charge in [-0.1, -0.05) is 29.8 Å². The van der Waals surface area contributed by atoms with E-state index in [1.807, 2.05) is 18.7 Å². The predicted molar refractivity (Wildman–Crippen MR) is 65.3 cm³/mol. The SMILES string of the molecule is Cc1ccc(CC2CC(=O)C(C)S2)cc1. The maximum atomic E-state index is 11.4. The van der Waals surface area contributed by atoms with Crippen LogP contribution in [0.1, 0.15) is 24.5 Å². The average Bonchev–Trinajstić information content (AvgIpc) is 2.50. The molecule has 1 aliphatic rings. The summed E-state index contributed by atoms with van der Waals surface area (Å²) < 4.78 is 0. The number of carbonyl (C=O) groups is 1. The zero-order chi connectivity index (χ0) is 10.8. The Balaban J connectivity index is 1.98. The van der Waals surface area contributed by atoms with Crippen molar-refractivity contribution >= 4 is 17.5 Å². The minimum Gasteiger partial charge on any atom is -0.298 e. The zero-order valence-corrected chi connectivity index (χ0v) is 10.0. The summed E-state index contributed by atoms with van der Waals surface area (Å²) in [6, 6.07) is 8.62. The Bertz CT molecular complexity index is 355. The number of benzene rings is 1. The van der Waals surface area contributed by atoms with Gasteiger partial charge in [-0.25, -0.2) is 0 Å². The van der Waals surface area contributed by atoms with Crippen molar-refractivity contribution in [1.82, 2.24) is 0 Å². The van der Waals surface area contributed by atoms with Gasteiger partial charge >= 0.3 is 0 Å². The fraction of sp³-hybridized carbons (Fsp3) is 0.462. The first-order valence-electron chi connectivity index (χ1n) is 5.39. The Hall–Kier alpha value is -0.760. The smallest absolute Gasteiger partial charge is 0.146 e. The number of hydrogen-bond donors (Lipinski definition) is 0. The summed E-state index contributed by atoms with van der Waals surface area (Å²) in [5.74, 6) is 0.414. The molecule has 2 heteroatoms. The van der Waals surface area contributed by atoms with E-state index < -0.39 is 0 Å². The molecule has 1 nitrogen and oxygen atoms in total. The van der Waals surface area contributed by atoms with Crippen molar-refractivity contribution in [2.24, 2.45) is 0 Å². The molecule has 1 heterocycles. The van der Waals surface area contributed by atoms with Gasteiger partial charge in [-0.2, -0.15) is 0 Å². The first kappa shape index (κ1) is 10.7. The van der Waals surface area contributed by atoms with Crippen LogP contribution >= 0.6 is 11.8 Å². The molecule has 80 valence electrons. The summed E-state index contributed by atoms with van der Waals surface area (Å²) in [5.41, 5.74) is 2.64. The monoisotopic (exact) mass is 220 g/mol. The molecule has 0 spiro atoms. The quantitative estimate of drug-likeness (QED) is 0.762. The second kappa shape index (κ2) is 4.40. The predicted octanol–water partition coefficient (Wildman–Crippen LogP) is 3.00. The summed E-state index contributed by atoms with van der Waals surface area (Å²) in [6.07, 6.45) is 1.78. The van der Waals surface area contributed by atoms with Crippen molar-refractivity contribution in [1.29, 1.82) is 0 Å². The van der Waals surface area contributed by atoms with Crippen LogP contribution in [0.4, 0.5) is 0 Å². The lowest BCUT2D eigenvalue weighted by molar-refractivity contribution is -0.117. The molecule has 15 heavy (non-hydrogen) atoms. The third-order valence-corrected chi connectivity index (χ3v) is 4.25. The van der Waals surface area contributed by atoms with Crippen LogP contribution in [0.25, 0.3) is 0 Å². The average molecular weight is 220 g/mol. The van der Waals surface area contributed by atoms with Crippen LogP contribution in [0.2, 0.25) is 0 Å². The third-order valence-electron chi connectivity index (χ3n) is 2.86. The Morgan fingerprint density at radius 1 is 1.33 bits per heavy atom. The van der Waals surface area contributed by atoms with Gasteiger partial charge in [-0.15, -0.1) is 11.8 Å². The van der Waals surface area contributed by atoms with Gasteiger partial charge in [0.2, 0.25) is 0 Å². The van der Waals surface area contributed by atoms with Crippen LogP contribution in [0.5, 0.6) is 0 Å². The van der Waals surface area contributed by atoms with E-state index >= 15 is 0 Å². The molecule has 1 aromatic carbocycles. The van der Waals surface area contributed by atoms with E-state index in [4.69, 9.17) is 0 Å². The number of carbonyl (C=O) groups excluding carboxylic acids is 1. The van der Waals surface area contributed by atoms with E-state index in [1.54, 1.807) is 0 Å². The number of aryl methyl sites for hydroxylation is 1. The second-order valence-corrected chi connectivity index (χ2v) is 5.91. The van der Waals surface area contributed by atoms with Crippen molar-refractivity contribution in [2.75, 3.05) is 0 Å². The second-order valence-electron chi connectivity index (χ2n) is 4.26. The molecule has 0 amide bonds. The molecule has 0 aliphatic carbocycles. The number of Topliss-reactive ketones (excluding diaryl/α,β-unsaturated/α-hetero) is 1. The molecule has 1 aromatic rings. The highest BCUT2D eigenvalue weighted by Gasteiger charge is 2.29. The first-order chi connectivity index (χ1) is 7.15. The van der Waals surface area contributed by atoms with Gasteiger partial charge in [-0.05, 0) is 25.8 Å². The minimum atomic E-state index is 0.209. The first-order valence-corrected chi connectivity index (χ1v) is 6.33. The van der Waals surface area contributed by atoms with Crippen molar-refractivity contribution in [3.05, 3.63) is 35.4 Å². The number of ketones is 1. The minimum absolute atomic E-state index is 0.209. The van der Waals surface area contributed by atoms with Crippen LogP contribution < -0.4 is 0 Å². The number of hydrogen-bond acceptors (Lipinski definition) is 2. The molecular weight excluding hydrogens is 204 g/mol. The molecule has 2 unspecified atom stereocenters. The van der Waals surface area contributed by atoms with Crippen molar-refractivity contribution in [3.63, 3.8) is 0 Å². The molecule has 2 rings (SSSR count). The van der Waals surface area contributed by atoms with Crippen LogP contribution in [0, 0.1) is 6.92 Å². The van der Waals surface area contributed by atoms with Crippen molar-refractivity contribution in [2.45, 2.75) is 37.2 Å². The third kappa shape index (κ3) is 2.63.